The third kappa shape index (κ3) is 5.36. The van der Waals surface area contributed by atoms with Crippen molar-refractivity contribution in [1.29, 1.82) is 0 Å². The highest BCUT2D eigenvalue weighted by Crippen LogP contribution is 2.26. The molecule has 0 saturated heterocycles. The van der Waals surface area contributed by atoms with Gasteiger partial charge in [-0.25, -0.2) is 5.43 Å². The molecule has 4 nitrogen and oxygen atoms in total. The van der Waals surface area contributed by atoms with Gasteiger partial charge < -0.3 is 4.74 Å². The van der Waals surface area contributed by atoms with Crippen molar-refractivity contribution < 1.29 is 9.53 Å². The largest absolute Gasteiger partial charge is 0.481 e. The Labute approximate surface area is 161 Å². The summed E-state index contributed by atoms with van der Waals surface area (Å²) in [5, 5.41) is 5.46. The molecule has 2 rings (SSSR count). The molecule has 7 heteroatoms. The van der Waals surface area contributed by atoms with Gasteiger partial charge in [-0.2, -0.15) is 5.10 Å². The van der Waals surface area contributed by atoms with Crippen molar-refractivity contribution in [2.24, 2.45) is 5.10 Å². The number of aryl methyl sites for hydroxylation is 2. The number of ether oxygens (including phenoxy) is 1. The molecule has 0 aliphatic rings. The summed E-state index contributed by atoms with van der Waals surface area (Å²) < 4.78 is 5.65. The normalized spacial score (nSPS) is 12.2. The van der Waals surface area contributed by atoms with E-state index in [1.165, 1.54) is 6.21 Å². The van der Waals surface area contributed by atoms with Gasteiger partial charge in [0.1, 0.15) is 5.75 Å². The molecule has 1 N–H and O–H groups in total. The van der Waals surface area contributed by atoms with Gasteiger partial charge in [0.25, 0.3) is 5.91 Å². The van der Waals surface area contributed by atoms with Crippen LogP contribution in [0.4, 0.5) is 0 Å². The number of amides is 1. The fourth-order valence-electron chi connectivity index (χ4n) is 2.09. The summed E-state index contributed by atoms with van der Waals surface area (Å²) in [5.41, 5.74) is 4.93. The number of hydrazone groups is 1. The van der Waals surface area contributed by atoms with Crippen molar-refractivity contribution in [1.82, 2.24) is 5.43 Å². The molecule has 1 atom stereocenters. The van der Waals surface area contributed by atoms with Crippen molar-refractivity contribution in [3.05, 3.63) is 62.1 Å². The van der Waals surface area contributed by atoms with Crippen LogP contribution in [0.25, 0.3) is 0 Å². The molecular formula is C18H17Cl3N2O2. The summed E-state index contributed by atoms with van der Waals surface area (Å²) in [7, 11) is 0. The van der Waals surface area contributed by atoms with E-state index in [9.17, 15) is 4.79 Å². The highest BCUT2D eigenvalue weighted by Gasteiger charge is 2.15. The van der Waals surface area contributed by atoms with Gasteiger partial charge >= 0.3 is 0 Å². The van der Waals surface area contributed by atoms with E-state index >= 15 is 0 Å². The summed E-state index contributed by atoms with van der Waals surface area (Å²) in [6, 6.07) is 8.63. The summed E-state index contributed by atoms with van der Waals surface area (Å²) in [6.45, 7) is 5.41. The summed E-state index contributed by atoms with van der Waals surface area (Å²) >= 11 is 17.9. The first-order valence-electron chi connectivity index (χ1n) is 7.49. The number of nitrogens with one attached hydrogen (secondary N) is 1. The standard InChI is InChI=1S/C18H17Cl3N2O2/c1-10-6-14(7-11(2)17(10)21)25-12(3)18(24)23-22-9-13-4-5-15(19)16(20)8-13/h4-9,12H,1-3H3,(H,23,24)/b22-9+. The lowest BCUT2D eigenvalue weighted by Crippen LogP contribution is -2.33. The third-order valence-electron chi connectivity index (χ3n) is 3.42. The maximum Gasteiger partial charge on any atom is 0.280 e. The molecule has 132 valence electrons. The minimum Gasteiger partial charge on any atom is -0.481 e. The second-order valence-electron chi connectivity index (χ2n) is 5.54. The first-order chi connectivity index (χ1) is 11.8. The fourth-order valence-corrected chi connectivity index (χ4v) is 2.50. The Balaban J connectivity index is 1.96. The molecule has 0 saturated carbocycles. The zero-order valence-electron chi connectivity index (χ0n) is 13.9. The van der Waals surface area contributed by atoms with E-state index in [1.807, 2.05) is 13.8 Å². The van der Waals surface area contributed by atoms with Gasteiger partial charge in [-0.15, -0.1) is 0 Å². The number of hydrogen-bond acceptors (Lipinski definition) is 3. The van der Waals surface area contributed by atoms with Crippen LogP contribution in [0.15, 0.2) is 35.4 Å². The molecule has 25 heavy (non-hydrogen) atoms. The number of hydrogen-bond donors (Lipinski definition) is 1. The van der Waals surface area contributed by atoms with Crippen LogP contribution in [-0.2, 0) is 4.79 Å². The number of carbonyl (C=O) groups excluding carboxylic acids is 1. The average Bonchev–Trinajstić information content (AvgIpc) is 2.55. The predicted molar refractivity (Wildman–Crippen MR) is 103 cm³/mol. The van der Waals surface area contributed by atoms with Gasteiger partial charge in [0.15, 0.2) is 6.10 Å². The van der Waals surface area contributed by atoms with Crippen LogP contribution in [0.1, 0.15) is 23.6 Å². The predicted octanol–water partition coefficient (Wildman–Crippen LogP) is 5.18. The lowest BCUT2D eigenvalue weighted by molar-refractivity contribution is -0.127. The Bertz CT molecular complexity index is 799. The van der Waals surface area contributed by atoms with Gasteiger partial charge in [-0.3, -0.25) is 4.79 Å². The van der Waals surface area contributed by atoms with Crippen LogP contribution < -0.4 is 10.2 Å². The van der Waals surface area contributed by atoms with Gasteiger partial charge in [0.05, 0.1) is 16.3 Å². The SMILES string of the molecule is Cc1cc(OC(C)C(=O)N/N=C/c2ccc(Cl)c(Cl)c2)cc(C)c1Cl. The van der Waals surface area contributed by atoms with Crippen LogP contribution in [0.3, 0.4) is 0 Å². The topological polar surface area (TPSA) is 50.7 Å². The van der Waals surface area contributed by atoms with Crippen LogP contribution in [0, 0.1) is 13.8 Å². The van der Waals surface area contributed by atoms with Crippen LogP contribution in [-0.4, -0.2) is 18.2 Å². The molecule has 0 radical (unpaired) electrons. The van der Waals surface area contributed by atoms with Gasteiger partial charge in [0, 0.05) is 5.02 Å². The smallest absolute Gasteiger partial charge is 0.280 e. The lowest BCUT2D eigenvalue weighted by atomic mass is 10.1. The third-order valence-corrected chi connectivity index (χ3v) is 4.76. The van der Waals surface area contributed by atoms with Crippen molar-refractivity contribution in [2.45, 2.75) is 26.9 Å². The number of benzene rings is 2. The Morgan fingerprint density at radius 2 is 1.76 bits per heavy atom. The number of nitrogens with zero attached hydrogens (tertiary/aromatic N) is 1. The van der Waals surface area contributed by atoms with E-state index in [1.54, 1.807) is 37.3 Å². The molecule has 0 fully saturated rings. The second-order valence-corrected chi connectivity index (χ2v) is 6.73. The molecule has 1 amide bonds. The quantitative estimate of drug-likeness (QED) is 0.556. The summed E-state index contributed by atoms with van der Waals surface area (Å²) in [6.07, 6.45) is 0.759. The monoisotopic (exact) mass is 398 g/mol. The van der Waals surface area contributed by atoms with Crippen molar-refractivity contribution >= 4 is 46.9 Å². The zero-order chi connectivity index (χ0) is 18.6. The molecule has 2 aromatic carbocycles. The molecule has 0 heterocycles. The van der Waals surface area contributed by atoms with Gasteiger partial charge in [-0.05, 0) is 61.7 Å². The maximum atomic E-state index is 12.1. The Kier molecular flexibility index (Phi) is 6.71. The van der Waals surface area contributed by atoms with E-state index in [2.05, 4.69) is 10.5 Å². The number of carbonyl (C=O) groups is 1. The van der Waals surface area contributed by atoms with Crippen LogP contribution in [0.5, 0.6) is 5.75 Å². The molecule has 0 aliphatic carbocycles. The number of halogens is 3. The van der Waals surface area contributed by atoms with Crippen molar-refractivity contribution in [3.8, 4) is 5.75 Å². The van der Waals surface area contributed by atoms with E-state index in [-0.39, 0.29) is 5.91 Å². The minimum absolute atomic E-state index is 0.374. The number of rotatable bonds is 5. The maximum absolute atomic E-state index is 12.1. The van der Waals surface area contributed by atoms with Crippen molar-refractivity contribution in [3.63, 3.8) is 0 Å². The summed E-state index contributed by atoms with van der Waals surface area (Å²) in [5.74, 6) is 0.206. The van der Waals surface area contributed by atoms with Gasteiger partial charge in [-0.1, -0.05) is 40.9 Å². The van der Waals surface area contributed by atoms with Gasteiger partial charge in [0.2, 0.25) is 0 Å². The molecule has 0 aliphatic heterocycles. The molecule has 0 aromatic heterocycles. The van der Waals surface area contributed by atoms with Crippen molar-refractivity contribution in [2.75, 3.05) is 0 Å². The van der Waals surface area contributed by atoms with E-state index in [0.717, 1.165) is 11.1 Å². The first kappa shape index (κ1) is 19.6. The average molecular weight is 400 g/mol. The molecule has 0 bridgehead atoms. The molecule has 0 spiro atoms. The minimum atomic E-state index is -0.717. The molecule has 1 unspecified atom stereocenters. The zero-order valence-corrected chi connectivity index (χ0v) is 16.2. The van der Waals surface area contributed by atoms with Crippen LogP contribution in [0.2, 0.25) is 15.1 Å². The van der Waals surface area contributed by atoms with E-state index in [4.69, 9.17) is 39.5 Å². The first-order valence-corrected chi connectivity index (χ1v) is 8.62. The highest BCUT2D eigenvalue weighted by atomic mass is 35.5. The Hall–Kier alpha value is -1.75. The molecule has 2 aromatic rings. The van der Waals surface area contributed by atoms with Crippen LogP contribution >= 0.6 is 34.8 Å². The second kappa shape index (κ2) is 8.56. The highest BCUT2D eigenvalue weighted by molar-refractivity contribution is 6.42. The Morgan fingerprint density at radius 3 is 2.36 bits per heavy atom. The van der Waals surface area contributed by atoms with E-state index < -0.39 is 6.10 Å². The molecular weight excluding hydrogens is 383 g/mol. The fraction of sp³-hybridized carbons (Fsp3) is 0.222. The lowest BCUT2D eigenvalue weighted by Gasteiger charge is -2.14. The Morgan fingerprint density at radius 1 is 1.12 bits per heavy atom. The van der Waals surface area contributed by atoms with E-state index in [0.29, 0.717) is 26.4 Å². The summed E-state index contributed by atoms with van der Waals surface area (Å²) in [4.78, 5) is 12.1.